The Hall–Kier alpha value is -2.56. The summed E-state index contributed by atoms with van der Waals surface area (Å²) in [7, 11) is 1.51. The molecule has 0 spiro atoms. The van der Waals surface area contributed by atoms with E-state index in [4.69, 9.17) is 10.1 Å². The number of fused-ring (bicyclic) bond motifs is 3. The third-order valence-electron chi connectivity index (χ3n) is 2.90. The van der Waals surface area contributed by atoms with Crippen molar-refractivity contribution in [1.29, 1.82) is 5.41 Å². The summed E-state index contributed by atoms with van der Waals surface area (Å²) in [6.45, 7) is 0. The lowest BCUT2D eigenvalue weighted by atomic mass is 10.1. The van der Waals surface area contributed by atoms with Crippen LogP contribution in [-0.2, 0) is 0 Å². The van der Waals surface area contributed by atoms with Crippen LogP contribution in [0.15, 0.2) is 24.3 Å². The largest absolute Gasteiger partial charge is 0.412 e. The lowest BCUT2D eigenvalue weighted by Crippen LogP contribution is -2.21. The fourth-order valence-electron chi connectivity index (χ4n) is 2.08. The molecule has 1 amide bonds. The predicted molar refractivity (Wildman–Crippen MR) is 69.2 cm³/mol. The summed E-state index contributed by atoms with van der Waals surface area (Å²) >= 11 is 0. The summed E-state index contributed by atoms with van der Waals surface area (Å²) in [5.74, 6) is 0.461. The van der Waals surface area contributed by atoms with Crippen LogP contribution in [0.3, 0.4) is 0 Å². The Morgan fingerprint density at radius 3 is 3.00 bits per heavy atom. The van der Waals surface area contributed by atoms with Crippen molar-refractivity contribution in [1.82, 2.24) is 10.3 Å². The summed E-state index contributed by atoms with van der Waals surface area (Å²) in [4.78, 5) is 14.4. The third-order valence-corrected chi connectivity index (χ3v) is 2.90. The molecule has 1 aliphatic carbocycles. The van der Waals surface area contributed by atoms with Crippen molar-refractivity contribution in [3.63, 3.8) is 0 Å². The molecule has 1 aliphatic rings. The number of amides is 1. The summed E-state index contributed by atoms with van der Waals surface area (Å²) in [5, 5.41) is 11.1. The van der Waals surface area contributed by atoms with Gasteiger partial charge in [-0.1, -0.05) is 0 Å². The molecule has 1 aromatic heterocycles. The second kappa shape index (κ2) is 3.73. The van der Waals surface area contributed by atoms with Crippen LogP contribution < -0.4 is 10.1 Å². The van der Waals surface area contributed by atoms with Crippen LogP contribution in [0.2, 0.25) is 0 Å². The van der Waals surface area contributed by atoms with Crippen molar-refractivity contribution < 1.29 is 9.53 Å². The van der Waals surface area contributed by atoms with Gasteiger partial charge in [-0.3, -0.25) is 0 Å². The van der Waals surface area contributed by atoms with Gasteiger partial charge in [-0.05, 0) is 30.4 Å². The van der Waals surface area contributed by atoms with Crippen molar-refractivity contribution in [2.45, 2.75) is 0 Å². The number of carbonyl (C=O) groups excluding carboxylic acids is 1. The molecule has 18 heavy (non-hydrogen) atoms. The molecule has 1 aromatic carbocycles. The van der Waals surface area contributed by atoms with Gasteiger partial charge in [-0.15, -0.1) is 0 Å². The molecule has 3 N–H and O–H groups in total. The van der Waals surface area contributed by atoms with Crippen molar-refractivity contribution in [2.75, 3.05) is 7.05 Å². The number of benzene rings is 1. The second-order valence-corrected chi connectivity index (χ2v) is 4.01. The van der Waals surface area contributed by atoms with Crippen molar-refractivity contribution in [3.05, 3.63) is 35.5 Å². The highest BCUT2D eigenvalue weighted by molar-refractivity contribution is 6.22. The minimum Gasteiger partial charge on any atom is -0.410 e. The van der Waals surface area contributed by atoms with Gasteiger partial charge in [0.15, 0.2) is 0 Å². The van der Waals surface area contributed by atoms with Gasteiger partial charge >= 0.3 is 6.09 Å². The van der Waals surface area contributed by atoms with Gasteiger partial charge in [-0.2, -0.15) is 0 Å². The number of H-pyrrole nitrogens is 1. The van der Waals surface area contributed by atoms with Crippen LogP contribution >= 0.6 is 0 Å². The normalized spacial score (nSPS) is 12.8. The molecule has 5 nitrogen and oxygen atoms in total. The maximum atomic E-state index is 11.2. The standard InChI is InChI=1S/C13H11N3O2/c1-15-13(17)18-7-2-4-10-8(6-7)12-9(14)3-5-11(12)16-10/h2-6,14,16H,1H3,(H,15,17). The maximum Gasteiger partial charge on any atom is 0.412 e. The molecule has 5 heteroatoms. The Morgan fingerprint density at radius 1 is 1.39 bits per heavy atom. The topological polar surface area (TPSA) is 78.0 Å². The average molecular weight is 241 g/mol. The number of aromatic amines is 1. The molecule has 90 valence electrons. The number of aromatic nitrogens is 1. The van der Waals surface area contributed by atoms with E-state index in [1.165, 1.54) is 7.05 Å². The smallest absolute Gasteiger partial charge is 0.410 e. The number of hydrogen-bond donors (Lipinski definition) is 3. The van der Waals surface area contributed by atoms with Crippen LogP contribution in [0.1, 0.15) is 11.3 Å². The Morgan fingerprint density at radius 2 is 2.22 bits per heavy atom. The van der Waals surface area contributed by atoms with Gasteiger partial charge < -0.3 is 20.4 Å². The molecule has 3 rings (SSSR count). The molecule has 0 bridgehead atoms. The van der Waals surface area contributed by atoms with Gasteiger partial charge in [0.1, 0.15) is 5.75 Å². The molecule has 0 fully saturated rings. The van der Waals surface area contributed by atoms with Gasteiger partial charge in [0, 0.05) is 29.2 Å². The van der Waals surface area contributed by atoms with E-state index in [0.717, 1.165) is 22.2 Å². The number of allylic oxidation sites excluding steroid dienone is 1. The predicted octanol–water partition coefficient (Wildman–Crippen LogP) is 2.28. The minimum atomic E-state index is -0.505. The van der Waals surface area contributed by atoms with E-state index >= 15 is 0 Å². The molecule has 1 heterocycles. The Bertz CT molecular complexity index is 698. The highest BCUT2D eigenvalue weighted by Gasteiger charge is 2.17. The monoisotopic (exact) mass is 241 g/mol. The molecule has 0 radical (unpaired) electrons. The number of hydrogen-bond acceptors (Lipinski definition) is 3. The molecule has 0 aliphatic heterocycles. The molecule has 0 saturated heterocycles. The first-order valence-electron chi connectivity index (χ1n) is 5.51. The number of carbonyl (C=O) groups is 1. The van der Waals surface area contributed by atoms with Gasteiger partial charge in [0.05, 0.1) is 5.71 Å². The highest BCUT2D eigenvalue weighted by atomic mass is 16.5. The van der Waals surface area contributed by atoms with E-state index in [2.05, 4.69) is 10.3 Å². The molecule has 0 unspecified atom stereocenters. The van der Waals surface area contributed by atoms with Crippen molar-refractivity contribution in [3.8, 4) is 5.75 Å². The summed E-state index contributed by atoms with van der Waals surface area (Å²) in [5.41, 5.74) is 3.17. The van der Waals surface area contributed by atoms with E-state index in [0.29, 0.717) is 11.5 Å². The fraction of sp³-hybridized carbons (Fsp3) is 0.0769. The van der Waals surface area contributed by atoms with E-state index in [1.807, 2.05) is 12.1 Å². The van der Waals surface area contributed by atoms with Crippen LogP contribution in [0.5, 0.6) is 5.75 Å². The van der Waals surface area contributed by atoms with E-state index in [-0.39, 0.29) is 0 Å². The van der Waals surface area contributed by atoms with Crippen molar-refractivity contribution in [2.24, 2.45) is 0 Å². The Labute approximate surface area is 103 Å². The first-order chi connectivity index (χ1) is 8.69. The number of rotatable bonds is 1. The first kappa shape index (κ1) is 10.6. The quantitative estimate of drug-likeness (QED) is 0.716. The summed E-state index contributed by atoms with van der Waals surface area (Å²) in [6, 6.07) is 5.32. The first-order valence-corrected chi connectivity index (χ1v) is 5.51. The van der Waals surface area contributed by atoms with E-state index in [9.17, 15) is 4.79 Å². The van der Waals surface area contributed by atoms with Gasteiger partial charge in [-0.25, -0.2) is 4.79 Å². The summed E-state index contributed by atoms with van der Waals surface area (Å²) < 4.78 is 5.08. The number of nitrogens with one attached hydrogen (secondary N) is 3. The Balaban J connectivity index is 2.10. The molecule has 0 atom stereocenters. The van der Waals surface area contributed by atoms with Crippen LogP contribution in [0.25, 0.3) is 17.0 Å². The highest BCUT2D eigenvalue weighted by Crippen LogP contribution is 2.30. The zero-order valence-corrected chi connectivity index (χ0v) is 9.70. The van der Waals surface area contributed by atoms with Gasteiger partial charge in [0.25, 0.3) is 0 Å². The lowest BCUT2D eigenvalue weighted by molar-refractivity contribution is 0.203. The van der Waals surface area contributed by atoms with Crippen LogP contribution in [0, 0.1) is 5.41 Å². The van der Waals surface area contributed by atoms with Crippen LogP contribution in [0.4, 0.5) is 4.79 Å². The molecule has 0 saturated carbocycles. The van der Waals surface area contributed by atoms with Crippen molar-refractivity contribution >= 4 is 28.8 Å². The SMILES string of the molecule is CNC(=O)Oc1ccc2[nH]c3c(c2c1)C(=N)C=C3. The average Bonchev–Trinajstić information content (AvgIpc) is 2.89. The maximum absolute atomic E-state index is 11.2. The third kappa shape index (κ3) is 1.48. The van der Waals surface area contributed by atoms with Gasteiger partial charge in [0.2, 0.25) is 0 Å². The zero-order chi connectivity index (χ0) is 12.7. The van der Waals surface area contributed by atoms with E-state index in [1.54, 1.807) is 18.2 Å². The minimum absolute atomic E-state index is 0.461. The Kier molecular flexibility index (Phi) is 2.19. The van der Waals surface area contributed by atoms with Crippen LogP contribution in [-0.4, -0.2) is 23.8 Å². The number of ether oxygens (including phenoxy) is 1. The lowest BCUT2D eigenvalue weighted by Gasteiger charge is -2.03. The molecular formula is C13H11N3O2. The molecule has 2 aromatic rings. The fourth-order valence-corrected chi connectivity index (χ4v) is 2.08. The summed E-state index contributed by atoms with van der Waals surface area (Å²) in [6.07, 6.45) is 3.11. The molecular weight excluding hydrogens is 230 g/mol. The zero-order valence-electron chi connectivity index (χ0n) is 9.70. The second-order valence-electron chi connectivity index (χ2n) is 4.01. The van der Waals surface area contributed by atoms with E-state index < -0.39 is 6.09 Å².